The summed E-state index contributed by atoms with van der Waals surface area (Å²) in [5.41, 5.74) is 1.70. The second kappa shape index (κ2) is 9.51. The highest BCUT2D eigenvalue weighted by Crippen LogP contribution is 2.41. The molecule has 4 rings (SSSR count). The molecule has 2 heterocycles. The maximum Gasteiger partial charge on any atom is 0.421 e. The van der Waals surface area contributed by atoms with E-state index in [1.165, 1.54) is 24.3 Å². The number of rotatable bonds is 5. The van der Waals surface area contributed by atoms with Gasteiger partial charge in [-0.3, -0.25) is 25.4 Å². The van der Waals surface area contributed by atoms with E-state index in [2.05, 4.69) is 15.4 Å². The molecule has 0 aliphatic carbocycles. The summed E-state index contributed by atoms with van der Waals surface area (Å²) in [7, 11) is 0. The molecule has 2 amide bonds. The van der Waals surface area contributed by atoms with E-state index in [1.54, 1.807) is 48.7 Å². The number of fused-ring (bicyclic) bond motifs is 1. The van der Waals surface area contributed by atoms with E-state index in [-0.39, 0.29) is 5.56 Å². The molecule has 2 aromatic heterocycles. The van der Waals surface area contributed by atoms with Gasteiger partial charge in [-0.15, -0.1) is 0 Å². The van der Waals surface area contributed by atoms with E-state index >= 15 is 0 Å². The molecule has 0 unspecified atom stereocenters. The molecule has 0 aliphatic rings. The fraction of sp³-hybridized carbons (Fsp3) is 0.120. The Morgan fingerprint density at radius 2 is 1.54 bits per heavy atom. The Kier molecular flexibility index (Phi) is 6.48. The SMILES string of the molecule is O=C(C[C@](O)(c1ccccc1)C(F)(F)F)NNC(=O)c1cc(-c2ccccn2)nc2ccccc12. The number of carbonyl (C=O) groups excluding carboxylic acids is 2. The highest BCUT2D eigenvalue weighted by Gasteiger charge is 2.56. The lowest BCUT2D eigenvalue weighted by atomic mass is 9.89. The van der Waals surface area contributed by atoms with E-state index in [4.69, 9.17) is 0 Å². The number of carbonyl (C=O) groups is 2. The average molecular weight is 480 g/mol. The first kappa shape index (κ1) is 23.8. The lowest BCUT2D eigenvalue weighted by molar-refractivity contribution is -0.267. The fourth-order valence-corrected chi connectivity index (χ4v) is 3.56. The number of para-hydroxylation sites is 1. The molecular formula is C25H19F3N4O3. The van der Waals surface area contributed by atoms with Gasteiger partial charge in [-0.2, -0.15) is 13.2 Å². The molecule has 2 aromatic carbocycles. The monoisotopic (exact) mass is 480 g/mol. The number of nitrogens with one attached hydrogen (secondary N) is 2. The first-order chi connectivity index (χ1) is 16.7. The minimum Gasteiger partial charge on any atom is -0.376 e. The van der Waals surface area contributed by atoms with Gasteiger partial charge in [0.25, 0.3) is 5.91 Å². The topological polar surface area (TPSA) is 104 Å². The van der Waals surface area contributed by atoms with Gasteiger partial charge in [-0.05, 0) is 29.8 Å². The lowest BCUT2D eigenvalue weighted by Crippen LogP contribution is -2.49. The molecule has 0 radical (unpaired) electrons. The Balaban J connectivity index is 1.56. The minimum atomic E-state index is -5.13. The second-order valence-corrected chi connectivity index (χ2v) is 7.69. The molecule has 4 aromatic rings. The van der Waals surface area contributed by atoms with Crippen molar-refractivity contribution in [3.8, 4) is 11.4 Å². The van der Waals surface area contributed by atoms with Crippen LogP contribution in [-0.4, -0.2) is 33.1 Å². The number of aromatic nitrogens is 2. The molecule has 0 saturated heterocycles. The normalized spacial score (nSPS) is 13.1. The highest BCUT2D eigenvalue weighted by molar-refractivity contribution is 6.07. The first-order valence-electron chi connectivity index (χ1n) is 10.4. The largest absolute Gasteiger partial charge is 0.421 e. The molecule has 7 nitrogen and oxygen atoms in total. The molecule has 0 aliphatic heterocycles. The Morgan fingerprint density at radius 1 is 0.857 bits per heavy atom. The first-order valence-corrected chi connectivity index (χ1v) is 10.4. The van der Waals surface area contributed by atoms with Gasteiger partial charge in [0.15, 0.2) is 5.60 Å². The molecule has 1 atom stereocenters. The number of halogens is 3. The van der Waals surface area contributed by atoms with Crippen molar-refractivity contribution in [1.82, 2.24) is 20.8 Å². The summed E-state index contributed by atoms with van der Waals surface area (Å²) in [5.74, 6) is -2.00. The van der Waals surface area contributed by atoms with Crippen molar-refractivity contribution in [2.45, 2.75) is 18.2 Å². The number of hydrogen-bond acceptors (Lipinski definition) is 5. The predicted octanol–water partition coefficient (Wildman–Crippen LogP) is 3.90. The zero-order chi connectivity index (χ0) is 25.1. The molecule has 10 heteroatoms. The van der Waals surface area contributed by atoms with Crippen LogP contribution in [0, 0.1) is 0 Å². The summed E-state index contributed by atoms with van der Waals surface area (Å²) in [6, 6.07) is 19.7. The molecule has 35 heavy (non-hydrogen) atoms. The van der Waals surface area contributed by atoms with Crippen molar-refractivity contribution in [1.29, 1.82) is 0 Å². The summed E-state index contributed by atoms with van der Waals surface area (Å²) >= 11 is 0. The smallest absolute Gasteiger partial charge is 0.376 e. The fourth-order valence-electron chi connectivity index (χ4n) is 3.56. The number of benzene rings is 2. The van der Waals surface area contributed by atoms with Crippen LogP contribution in [0.25, 0.3) is 22.3 Å². The summed E-state index contributed by atoms with van der Waals surface area (Å²) in [4.78, 5) is 34.0. The molecule has 0 saturated carbocycles. The molecule has 0 bridgehead atoms. The van der Waals surface area contributed by atoms with Crippen LogP contribution in [0.3, 0.4) is 0 Å². The maximum absolute atomic E-state index is 13.7. The van der Waals surface area contributed by atoms with Crippen molar-refractivity contribution in [2.24, 2.45) is 0 Å². The van der Waals surface area contributed by atoms with E-state index in [9.17, 15) is 27.9 Å². The summed E-state index contributed by atoms with van der Waals surface area (Å²) in [6.45, 7) is 0. The van der Waals surface area contributed by atoms with Crippen molar-refractivity contribution in [3.63, 3.8) is 0 Å². The van der Waals surface area contributed by atoms with Gasteiger partial charge < -0.3 is 5.11 Å². The van der Waals surface area contributed by atoms with E-state index in [1.807, 2.05) is 5.43 Å². The van der Waals surface area contributed by atoms with Crippen molar-refractivity contribution >= 4 is 22.7 Å². The third-order valence-corrected chi connectivity index (χ3v) is 5.34. The quantitative estimate of drug-likeness (QED) is 0.376. The lowest BCUT2D eigenvalue weighted by Gasteiger charge is -2.30. The van der Waals surface area contributed by atoms with E-state index < -0.39 is 35.6 Å². The van der Waals surface area contributed by atoms with Crippen LogP contribution in [0.2, 0.25) is 0 Å². The third kappa shape index (κ3) is 4.97. The van der Waals surface area contributed by atoms with Crippen LogP contribution in [0.1, 0.15) is 22.3 Å². The number of hydrazine groups is 1. The number of aliphatic hydroxyl groups is 1. The highest BCUT2D eigenvalue weighted by atomic mass is 19.4. The van der Waals surface area contributed by atoms with Crippen molar-refractivity contribution < 1.29 is 27.9 Å². The minimum absolute atomic E-state index is 0.130. The van der Waals surface area contributed by atoms with E-state index in [0.717, 1.165) is 12.1 Å². The predicted molar refractivity (Wildman–Crippen MR) is 122 cm³/mol. The third-order valence-electron chi connectivity index (χ3n) is 5.34. The molecule has 178 valence electrons. The Labute approximate surface area is 197 Å². The summed E-state index contributed by atoms with van der Waals surface area (Å²) in [5, 5.41) is 10.8. The molecular weight excluding hydrogens is 461 g/mol. The number of nitrogens with zero attached hydrogens (tertiary/aromatic N) is 2. The number of amides is 2. The van der Waals surface area contributed by atoms with Crippen LogP contribution < -0.4 is 10.9 Å². The zero-order valence-electron chi connectivity index (χ0n) is 18.1. The maximum atomic E-state index is 13.7. The van der Waals surface area contributed by atoms with Gasteiger partial charge in [0, 0.05) is 11.6 Å². The second-order valence-electron chi connectivity index (χ2n) is 7.69. The molecule has 3 N–H and O–H groups in total. The standard InChI is InChI=1S/C25H19F3N4O3/c26-25(27,28)24(35,16-8-2-1-3-9-16)15-22(33)31-32-23(34)18-14-21(20-12-6-7-13-29-20)30-19-11-5-4-10-17(18)19/h1-14,35H,15H2,(H,31,33)(H,32,34)/t24-/m0/s1. The number of pyridine rings is 2. The molecule has 0 spiro atoms. The summed E-state index contributed by atoms with van der Waals surface area (Å²) < 4.78 is 41.0. The summed E-state index contributed by atoms with van der Waals surface area (Å²) in [6.07, 6.45) is -4.91. The van der Waals surface area contributed by atoms with Crippen LogP contribution in [0.4, 0.5) is 13.2 Å². The number of alkyl halides is 3. The van der Waals surface area contributed by atoms with Crippen LogP contribution in [0.5, 0.6) is 0 Å². The van der Waals surface area contributed by atoms with Crippen LogP contribution in [0.15, 0.2) is 85.1 Å². The van der Waals surface area contributed by atoms with Gasteiger partial charge in [0.1, 0.15) is 0 Å². The van der Waals surface area contributed by atoms with Gasteiger partial charge in [0.2, 0.25) is 5.91 Å². The number of hydrogen-bond donors (Lipinski definition) is 3. The van der Waals surface area contributed by atoms with Gasteiger partial charge >= 0.3 is 6.18 Å². The van der Waals surface area contributed by atoms with Gasteiger partial charge in [-0.25, -0.2) is 4.98 Å². The Morgan fingerprint density at radius 3 is 2.23 bits per heavy atom. The Hall–Kier alpha value is -4.31. The van der Waals surface area contributed by atoms with Gasteiger partial charge in [0.05, 0.1) is 28.9 Å². The molecule has 0 fully saturated rings. The zero-order valence-corrected chi connectivity index (χ0v) is 18.1. The van der Waals surface area contributed by atoms with Gasteiger partial charge in [-0.1, -0.05) is 54.6 Å². The Bertz CT molecular complexity index is 1370. The average Bonchev–Trinajstić information content (AvgIpc) is 2.87. The van der Waals surface area contributed by atoms with Crippen molar-refractivity contribution in [2.75, 3.05) is 0 Å². The van der Waals surface area contributed by atoms with Crippen molar-refractivity contribution in [3.05, 3.63) is 96.2 Å². The van der Waals surface area contributed by atoms with Crippen LogP contribution >= 0.6 is 0 Å². The van der Waals surface area contributed by atoms with E-state index in [0.29, 0.717) is 22.3 Å². The van der Waals surface area contributed by atoms with Crippen LogP contribution in [-0.2, 0) is 10.4 Å².